The van der Waals surface area contributed by atoms with Crippen molar-refractivity contribution in [1.82, 2.24) is 23.6 Å². The average molecular weight is 506 g/mol. The Labute approximate surface area is 206 Å². The first-order valence-corrected chi connectivity index (χ1v) is 13.8. The lowest BCUT2D eigenvalue weighted by Gasteiger charge is -2.32. The molecule has 1 unspecified atom stereocenters. The summed E-state index contributed by atoms with van der Waals surface area (Å²) in [5.74, 6) is 0.597. The van der Waals surface area contributed by atoms with Gasteiger partial charge >= 0.3 is 5.69 Å². The van der Waals surface area contributed by atoms with Crippen LogP contribution in [0.2, 0.25) is 0 Å². The summed E-state index contributed by atoms with van der Waals surface area (Å²) in [6, 6.07) is 6.37. The highest BCUT2D eigenvalue weighted by Gasteiger charge is 2.35. The predicted molar refractivity (Wildman–Crippen MR) is 131 cm³/mol. The molecule has 1 saturated heterocycles. The monoisotopic (exact) mass is 505 g/mol. The Morgan fingerprint density at radius 1 is 1.14 bits per heavy atom. The van der Waals surface area contributed by atoms with Crippen LogP contribution in [0.25, 0.3) is 0 Å². The number of sulfonamides is 1. The van der Waals surface area contributed by atoms with Crippen LogP contribution < -0.4 is 5.69 Å². The van der Waals surface area contributed by atoms with Gasteiger partial charge in [0.15, 0.2) is 0 Å². The van der Waals surface area contributed by atoms with E-state index in [1.807, 2.05) is 4.57 Å². The van der Waals surface area contributed by atoms with Crippen LogP contribution in [0.4, 0.5) is 0 Å². The maximum Gasteiger partial charge on any atom is 0.346 e. The fourth-order valence-electron chi connectivity index (χ4n) is 4.75. The SMILES string of the molecule is CCN(CC)S(=O)(=O)c1ccc(C(=O)N2CCCC(c3nn(CCOC)c(=O)n3C3CC3)C2)cc1. The molecule has 0 bridgehead atoms. The molecule has 2 fully saturated rings. The zero-order chi connectivity index (χ0) is 25.2. The molecule has 35 heavy (non-hydrogen) atoms. The lowest BCUT2D eigenvalue weighted by atomic mass is 9.96. The minimum Gasteiger partial charge on any atom is -0.383 e. The molecular formula is C24H35N5O5S. The molecule has 1 aromatic carbocycles. The standard InChI is InChI=1S/C24H35N5O5S/c1-4-27(5-2)35(32,33)21-12-8-18(9-13-21)23(30)26-14-6-7-19(17-26)22-25-28(15-16-34-3)24(31)29(22)20-10-11-20/h8-9,12-13,19-20H,4-7,10-11,14-17H2,1-3H3. The number of nitrogens with zero attached hydrogens (tertiary/aromatic N) is 5. The molecule has 2 heterocycles. The molecule has 1 aromatic heterocycles. The van der Waals surface area contributed by atoms with Crippen LogP contribution in [-0.2, 0) is 21.3 Å². The van der Waals surface area contributed by atoms with Crippen molar-refractivity contribution in [3.63, 3.8) is 0 Å². The number of carbonyl (C=O) groups is 1. The normalized spacial score (nSPS) is 18.9. The number of aromatic nitrogens is 3. The van der Waals surface area contributed by atoms with E-state index < -0.39 is 10.0 Å². The van der Waals surface area contributed by atoms with Crippen molar-refractivity contribution >= 4 is 15.9 Å². The molecule has 0 spiro atoms. The van der Waals surface area contributed by atoms with Gasteiger partial charge in [0.1, 0.15) is 5.82 Å². The summed E-state index contributed by atoms with van der Waals surface area (Å²) in [7, 11) is -1.98. The summed E-state index contributed by atoms with van der Waals surface area (Å²) in [4.78, 5) is 28.2. The summed E-state index contributed by atoms with van der Waals surface area (Å²) in [6.07, 6.45) is 3.62. The van der Waals surface area contributed by atoms with Gasteiger partial charge in [-0.3, -0.25) is 9.36 Å². The van der Waals surface area contributed by atoms with E-state index in [-0.39, 0.29) is 28.5 Å². The number of benzene rings is 1. The number of ether oxygens (including phenoxy) is 1. The van der Waals surface area contributed by atoms with Gasteiger partial charge in [0.2, 0.25) is 10.0 Å². The third-order valence-electron chi connectivity index (χ3n) is 6.83. The van der Waals surface area contributed by atoms with E-state index in [1.165, 1.54) is 21.1 Å². The smallest absolute Gasteiger partial charge is 0.346 e. The molecule has 1 atom stereocenters. The maximum atomic E-state index is 13.3. The topological polar surface area (TPSA) is 107 Å². The summed E-state index contributed by atoms with van der Waals surface area (Å²) < 4.78 is 35.3. The van der Waals surface area contributed by atoms with Gasteiger partial charge in [-0.2, -0.15) is 9.40 Å². The molecule has 1 saturated carbocycles. The largest absolute Gasteiger partial charge is 0.383 e. The summed E-state index contributed by atoms with van der Waals surface area (Å²) in [5.41, 5.74) is 0.349. The number of likely N-dealkylation sites (tertiary alicyclic amines) is 1. The highest BCUT2D eigenvalue weighted by Crippen LogP contribution is 2.37. The minimum absolute atomic E-state index is 0.0212. The van der Waals surface area contributed by atoms with Crippen LogP contribution in [0.5, 0.6) is 0 Å². The van der Waals surface area contributed by atoms with Crippen molar-refractivity contribution in [1.29, 1.82) is 0 Å². The highest BCUT2D eigenvalue weighted by atomic mass is 32.2. The first kappa shape index (κ1) is 25.6. The van der Waals surface area contributed by atoms with Crippen molar-refractivity contribution in [3.8, 4) is 0 Å². The van der Waals surface area contributed by atoms with Crippen LogP contribution in [0, 0.1) is 0 Å². The predicted octanol–water partition coefficient (Wildman–Crippen LogP) is 2.08. The van der Waals surface area contributed by atoms with E-state index in [0.29, 0.717) is 44.9 Å². The average Bonchev–Trinajstić information content (AvgIpc) is 3.65. The Bertz CT molecular complexity index is 1200. The first-order valence-electron chi connectivity index (χ1n) is 12.4. The second kappa shape index (κ2) is 10.6. The molecule has 0 radical (unpaired) electrons. The molecular weight excluding hydrogens is 470 g/mol. The fraction of sp³-hybridized carbons (Fsp3) is 0.625. The van der Waals surface area contributed by atoms with Crippen LogP contribution in [0.1, 0.15) is 67.7 Å². The fourth-order valence-corrected chi connectivity index (χ4v) is 6.21. The van der Waals surface area contributed by atoms with Gasteiger partial charge in [-0.15, -0.1) is 0 Å². The number of piperidine rings is 1. The number of hydrogen-bond donors (Lipinski definition) is 0. The Hall–Kier alpha value is -2.50. The Balaban J connectivity index is 1.52. The summed E-state index contributed by atoms with van der Waals surface area (Å²) in [5, 5.41) is 4.65. The number of amides is 1. The second-order valence-electron chi connectivity index (χ2n) is 9.16. The lowest BCUT2D eigenvalue weighted by molar-refractivity contribution is 0.0703. The van der Waals surface area contributed by atoms with Crippen molar-refractivity contribution < 1.29 is 17.9 Å². The van der Waals surface area contributed by atoms with E-state index in [2.05, 4.69) is 5.10 Å². The molecule has 0 N–H and O–H groups in total. The molecule has 2 aliphatic rings. The second-order valence-corrected chi connectivity index (χ2v) is 11.1. The minimum atomic E-state index is -3.57. The van der Waals surface area contributed by atoms with Gasteiger partial charge in [-0.1, -0.05) is 13.8 Å². The number of methoxy groups -OCH3 is 1. The summed E-state index contributed by atoms with van der Waals surface area (Å²) >= 11 is 0. The molecule has 1 aliphatic carbocycles. The van der Waals surface area contributed by atoms with Crippen LogP contribution >= 0.6 is 0 Å². The van der Waals surface area contributed by atoms with Crippen LogP contribution in [0.3, 0.4) is 0 Å². The lowest BCUT2D eigenvalue weighted by Crippen LogP contribution is -2.40. The molecule has 11 heteroatoms. The van der Waals surface area contributed by atoms with Crippen LogP contribution in [0.15, 0.2) is 34.0 Å². The van der Waals surface area contributed by atoms with Gasteiger partial charge in [-0.05, 0) is 49.9 Å². The molecule has 1 aliphatic heterocycles. The zero-order valence-corrected chi connectivity index (χ0v) is 21.5. The van der Waals surface area contributed by atoms with Crippen molar-refractivity contribution in [2.45, 2.75) is 62.9 Å². The molecule has 2 aromatic rings. The van der Waals surface area contributed by atoms with Crippen molar-refractivity contribution in [2.24, 2.45) is 0 Å². The molecule has 192 valence electrons. The van der Waals surface area contributed by atoms with E-state index >= 15 is 0 Å². The van der Waals surface area contributed by atoms with E-state index in [9.17, 15) is 18.0 Å². The third-order valence-corrected chi connectivity index (χ3v) is 8.90. The van der Waals surface area contributed by atoms with E-state index in [1.54, 1.807) is 38.0 Å². The summed E-state index contributed by atoms with van der Waals surface area (Å²) in [6.45, 7) is 6.29. The Morgan fingerprint density at radius 3 is 2.43 bits per heavy atom. The molecule has 1 amide bonds. The molecule has 10 nitrogen and oxygen atoms in total. The Morgan fingerprint density at radius 2 is 1.83 bits per heavy atom. The zero-order valence-electron chi connectivity index (χ0n) is 20.7. The van der Waals surface area contributed by atoms with Gasteiger partial charge < -0.3 is 9.64 Å². The number of hydrogen-bond acceptors (Lipinski definition) is 6. The van der Waals surface area contributed by atoms with Gasteiger partial charge in [-0.25, -0.2) is 17.9 Å². The van der Waals surface area contributed by atoms with Crippen LogP contribution in [-0.4, -0.2) is 77.8 Å². The number of carbonyl (C=O) groups excluding carboxylic acids is 1. The number of rotatable bonds is 10. The van der Waals surface area contributed by atoms with Gasteiger partial charge in [0, 0.05) is 50.8 Å². The van der Waals surface area contributed by atoms with E-state index in [0.717, 1.165) is 31.5 Å². The third kappa shape index (κ3) is 5.22. The molecule has 4 rings (SSSR count). The van der Waals surface area contributed by atoms with Crippen molar-refractivity contribution in [3.05, 3.63) is 46.1 Å². The van der Waals surface area contributed by atoms with Gasteiger partial charge in [0.05, 0.1) is 18.0 Å². The van der Waals surface area contributed by atoms with Crippen molar-refractivity contribution in [2.75, 3.05) is 39.9 Å². The quantitative estimate of drug-likeness (QED) is 0.489. The van der Waals surface area contributed by atoms with Gasteiger partial charge in [0.25, 0.3) is 5.91 Å². The first-order chi connectivity index (χ1) is 16.8. The maximum absolute atomic E-state index is 13.3. The Kier molecular flexibility index (Phi) is 7.77. The highest BCUT2D eigenvalue weighted by molar-refractivity contribution is 7.89. The van der Waals surface area contributed by atoms with E-state index in [4.69, 9.17) is 4.74 Å².